The highest BCUT2D eigenvalue weighted by Gasteiger charge is 2.02. The Morgan fingerprint density at radius 1 is 1.00 bits per heavy atom. The summed E-state index contributed by atoms with van der Waals surface area (Å²) in [5, 5.41) is 6.74. The number of guanidine groups is 1. The highest BCUT2D eigenvalue weighted by Crippen LogP contribution is 1.95. The van der Waals surface area contributed by atoms with Crippen LogP contribution in [0.15, 0.2) is 29.5 Å². The smallest absolute Gasteiger partial charge is 0.191 e. The van der Waals surface area contributed by atoms with Gasteiger partial charge in [0.05, 0.1) is 0 Å². The number of rotatable bonds is 11. The molecular formula is C17H33N5. The lowest BCUT2D eigenvalue weighted by Crippen LogP contribution is -2.40. The van der Waals surface area contributed by atoms with E-state index in [1.807, 2.05) is 19.2 Å². The molecule has 1 aromatic heterocycles. The van der Waals surface area contributed by atoms with Crippen molar-refractivity contribution in [3.05, 3.63) is 24.5 Å². The van der Waals surface area contributed by atoms with Gasteiger partial charge in [0.2, 0.25) is 0 Å². The molecule has 1 aromatic rings. The van der Waals surface area contributed by atoms with Crippen molar-refractivity contribution in [2.24, 2.45) is 4.99 Å². The third-order valence-electron chi connectivity index (χ3n) is 3.58. The summed E-state index contributed by atoms with van der Waals surface area (Å²) in [6.45, 7) is 10.9. The highest BCUT2D eigenvalue weighted by molar-refractivity contribution is 5.79. The molecule has 0 unspecified atom stereocenters. The molecule has 0 amide bonds. The van der Waals surface area contributed by atoms with Crippen molar-refractivity contribution >= 4 is 5.96 Å². The normalized spacial score (nSPS) is 11.9. The predicted molar refractivity (Wildman–Crippen MR) is 95.4 cm³/mol. The van der Waals surface area contributed by atoms with Crippen LogP contribution in [0.2, 0.25) is 0 Å². The largest absolute Gasteiger partial charge is 0.356 e. The number of hydrogen-bond acceptors (Lipinski definition) is 2. The summed E-state index contributed by atoms with van der Waals surface area (Å²) in [6.07, 6.45) is 7.77. The Morgan fingerprint density at radius 2 is 1.64 bits per heavy atom. The van der Waals surface area contributed by atoms with Crippen molar-refractivity contribution in [1.82, 2.24) is 20.1 Å². The lowest BCUT2D eigenvalue weighted by atomic mass is 10.3. The summed E-state index contributed by atoms with van der Waals surface area (Å²) >= 11 is 0. The lowest BCUT2D eigenvalue weighted by molar-refractivity contribution is 0.271. The van der Waals surface area contributed by atoms with E-state index in [2.05, 4.69) is 51.3 Å². The maximum atomic E-state index is 4.27. The zero-order valence-electron chi connectivity index (χ0n) is 14.5. The van der Waals surface area contributed by atoms with Gasteiger partial charge in [-0.05, 0) is 51.0 Å². The average molecular weight is 307 g/mol. The van der Waals surface area contributed by atoms with Gasteiger partial charge in [0, 0.05) is 39.1 Å². The number of nitrogens with zero attached hydrogens (tertiary/aromatic N) is 3. The van der Waals surface area contributed by atoms with Crippen molar-refractivity contribution in [2.75, 3.05) is 39.8 Å². The molecule has 0 aliphatic carbocycles. The van der Waals surface area contributed by atoms with Crippen molar-refractivity contribution in [3.8, 4) is 0 Å². The van der Waals surface area contributed by atoms with Gasteiger partial charge in [0.25, 0.3) is 0 Å². The van der Waals surface area contributed by atoms with E-state index in [-0.39, 0.29) is 0 Å². The van der Waals surface area contributed by atoms with Crippen LogP contribution in [0.1, 0.15) is 33.1 Å². The summed E-state index contributed by atoms with van der Waals surface area (Å²) in [5.41, 5.74) is 0. The molecule has 0 atom stereocenters. The van der Waals surface area contributed by atoms with E-state index in [0.29, 0.717) is 0 Å². The number of hydrogen-bond donors (Lipinski definition) is 2. The standard InChI is InChI=1S/C17H33N5/c1-4-11-21(12-5-2)15-8-9-19-17(18-3)20-10-16-22-13-6-7-14-22/h6-7,13-14H,4-5,8-12,15-16H2,1-3H3,(H2,18,19,20). The first-order chi connectivity index (χ1) is 10.8. The fraction of sp³-hybridized carbons (Fsp3) is 0.706. The fourth-order valence-electron chi connectivity index (χ4n) is 2.52. The topological polar surface area (TPSA) is 44.6 Å². The molecule has 0 saturated heterocycles. The van der Waals surface area contributed by atoms with Crippen molar-refractivity contribution in [2.45, 2.75) is 39.7 Å². The monoisotopic (exact) mass is 307 g/mol. The van der Waals surface area contributed by atoms with Gasteiger partial charge in [-0.2, -0.15) is 0 Å². The van der Waals surface area contributed by atoms with Gasteiger partial charge in [-0.15, -0.1) is 0 Å². The Morgan fingerprint density at radius 3 is 2.23 bits per heavy atom. The highest BCUT2D eigenvalue weighted by atomic mass is 15.2. The summed E-state index contributed by atoms with van der Waals surface area (Å²) in [6, 6.07) is 4.09. The number of aliphatic imine (C=N–C) groups is 1. The van der Waals surface area contributed by atoms with Crippen LogP contribution in [0.25, 0.3) is 0 Å². The van der Waals surface area contributed by atoms with Crippen LogP contribution < -0.4 is 10.6 Å². The molecule has 0 spiro atoms. The first-order valence-corrected chi connectivity index (χ1v) is 8.57. The minimum atomic E-state index is 0.881. The third-order valence-corrected chi connectivity index (χ3v) is 3.58. The third kappa shape index (κ3) is 8.08. The summed E-state index contributed by atoms with van der Waals surface area (Å²) in [5.74, 6) is 0.893. The predicted octanol–water partition coefficient (Wildman–Crippen LogP) is 2.17. The molecule has 22 heavy (non-hydrogen) atoms. The minimum absolute atomic E-state index is 0.881. The van der Waals surface area contributed by atoms with Gasteiger partial charge < -0.3 is 20.1 Å². The Kier molecular flexibility index (Phi) is 10.2. The molecule has 5 nitrogen and oxygen atoms in total. The molecule has 126 valence electrons. The second-order valence-electron chi connectivity index (χ2n) is 5.54. The Labute approximate surface area is 135 Å². The molecule has 0 saturated carbocycles. The van der Waals surface area contributed by atoms with E-state index in [4.69, 9.17) is 0 Å². The second-order valence-corrected chi connectivity index (χ2v) is 5.54. The van der Waals surface area contributed by atoms with E-state index < -0.39 is 0 Å². The molecule has 1 rings (SSSR count). The SMILES string of the molecule is CCCN(CCC)CCCNC(=NC)NCCn1cccc1. The van der Waals surface area contributed by atoms with E-state index in [1.54, 1.807) is 0 Å². The van der Waals surface area contributed by atoms with Crippen LogP contribution in [-0.4, -0.2) is 55.2 Å². The van der Waals surface area contributed by atoms with Gasteiger partial charge in [-0.1, -0.05) is 13.8 Å². The van der Waals surface area contributed by atoms with E-state index in [1.165, 1.54) is 25.9 Å². The van der Waals surface area contributed by atoms with Crippen LogP contribution in [-0.2, 0) is 6.54 Å². The summed E-state index contributed by atoms with van der Waals surface area (Å²) < 4.78 is 2.16. The molecule has 0 fully saturated rings. The van der Waals surface area contributed by atoms with Crippen molar-refractivity contribution in [1.29, 1.82) is 0 Å². The quantitative estimate of drug-likeness (QED) is 0.374. The molecule has 5 heteroatoms. The van der Waals surface area contributed by atoms with E-state index >= 15 is 0 Å². The molecule has 0 radical (unpaired) electrons. The average Bonchev–Trinajstić information content (AvgIpc) is 3.03. The molecule has 2 N–H and O–H groups in total. The van der Waals surface area contributed by atoms with Gasteiger partial charge in [-0.3, -0.25) is 4.99 Å². The zero-order chi connectivity index (χ0) is 16.0. The van der Waals surface area contributed by atoms with Crippen LogP contribution in [0.4, 0.5) is 0 Å². The zero-order valence-corrected chi connectivity index (χ0v) is 14.5. The van der Waals surface area contributed by atoms with Crippen LogP contribution in [0.3, 0.4) is 0 Å². The van der Waals surface area contributed by atoms with Crippen LogP contribution in [0.5, 0.6) is 0 Å². The second kappa shape index (κ2) is 12.1. The Bertz CT molecular complexity index is 380. The van der Waals surface area contributed by atoms with Gasteiger partial charge >= 0.3 is 0 Å². The van der Waals surface area contributed by atoms with Gasteiger partial charge in [0.1, 0.15) is 0 Å². The summed E-state index contributed by atoms with van der Waals surface area (Å²) in [7, 11) is 1.82. The number of aromatic nitrogens is 1. The van der Waals surface area contributed by atoms with Crippen molar-refractivity contribution in [3.63, 3.8) is 0 Å². The first kappa shape index (κ1) is 18.6. The van der Waals surface area contributed by atoms with Gasteiger partial charge in [-0.25, -0.2) is 0 Å². The molecule has 0 aliphatic rings. The van der Waals surface area contributed by atoms with Crippen molar-refractivity contribution < 1.29 is 0 Å². The first-order valence-electron chi connectivity index (χ1n) is 8.57. The Hall–Kier alpha value is -1.49. The molecule has 0 aromatic carbocycles. The maximum Gasteiger partial charge on any atom is 0.191 e. The lowest BCUT2D eigenvalue weighted by Gasteiger charge is -2.21. The fourth-order valence-corrected chi connectivity index (χ4v) is 2.52. The summed E-state index contributed by atoms with van der Waals surface area (Å²) in [4.78, 5) is 6.81. The van der Waals surface area contributed by atoms with E-state index in [0.717, 1.165) is 38.6 Å². The van der Waals surface area contributed by atoms with Crippen LogP contribution >= 0.6 is 0 Å². The molecule has 0 aliphatic heterocycles. The molecular weight excluding hydrogens is 274 g/mol. The minimum Gasteiger partial charge on any atom is -0.356 e. The number of nitrogens with one attached hydrogen (secondary N) is 2. The maximum absolute atomic E-state index is 4.27. The molecule has 0 bridgehead atoms. The van der Waals surface area contributed by atoms with Gasteiger partial charge in [0.15, 0.2) is 5.96 Å². The Balaban J connectivity index is 2.12. The van der Waals surface area contributed by atoms with E-state index in [9.17, 15) is 0 Å². The molecule has 1 heterocycles. The van der Waals surface area contributed by atoms with Crippen LogP contribution in [0, 0.1) is 0 Å².